The van der Waals surface area contributed by atoms with Crippen molar-refractivity contribution < 1.29 is 0 Å². The van der Waals surface area contributed by atoms with Crippen LogP contribution in [0, 0.1) is 41.5 Å². The lowest BCUT2D eigenvalue weighted by atomic mass is 9.92. The standard InChI is InChI=1S/C56H49N/c1-38-11-22-45(23-12-38)53(46-24-13-39(2)14-25-46)36-44-20-31-50(32-21-44)57(55-33-19-42(5)35-43(55)6)56-34-30-49(51-9-7-8-10-52(51)56)37-54(47-26-15-40(3)16-27-47)48-28-17-41(4)18-29-48/h7-37H,1-6H3. The molecule has 0 fully saturated rings. The first-order valence-corrected chi connectivity index (χ1v) is 19.9. The number of nitrogens with zero attached hydrogens (tertiary/aromatic N) is 1. The van der Waals surface area contributed by atoms with Crippen molar-refractivity contribution in [1.82, 2.24) is 0 Å². The van der Waals surface area contributed by atoms with Crippen molar-refractivity contribution in [3.63, 3.8) is 0 Å². The molecule has 0 saturated carbocycles. The highest BCUT2D eigenvalue weighted by atomic mass is 15.1. The van der Waals surface area contributed by atoms with Gasteiger partial charge in [-0.1, -0.05) is 179 Å². The Morgan fingerprint density at radius 2 is 0.789 bits per heavy atom. The van der Waals surface area contributed by atoms with Crippen molar-refractivity contribution in [2.45, 2.75) is 41.5 Å². The first-order chi connectivity index (χ1) is 27.7. The molecule has 0 radical (unpaired) electrons. The van der Waals surface area contributed by atoms with Crippen LogP contribution < -0.4 is 4.90 Å². The molecule has 0 bridgehead atoms. The number of hydrogen-bond acceptors (Lipinski definition) is 1. The zero-order valence-electron chi connectivity index (χ0n) is 33.8. The van der Waals surface area contributed by atoms with Crippen LogP contribution in [0.2, 0.25) is 0 Å². The fourth-order valence-corrected chi connectivity index (χ4v) is 7.73. The van der Waals surface area contributed by atoms with Gasteiger partial charge in [0.15, 0.2) is 0 Å². The molecule has 8 aromatic carbocycles. The van der Waals surface area contributed by atoms with E-state index in [4.69, 9.17) is 0 Å². The lowest BCUT2D eigenvalue weighted by Gasteiger charge is -2.29. The molecule has 0 aliphatic heterocycles. The normalized spacial score (nSPS) is 11.0. The lowest BCUT2D eigenvalue weighted by Crippen LogP contribution is -2.12. The second-order valence-electron chi connectivity index (χ2n) is 15.5. The van der Waals surface area contributed by atoms with Gasteiger partial charge in [-0.25, -0.2) is 0 Å². The SMILES string of the molecule is Cc1ccc(C(=Cc2ccc(N(c3ccc(C)cc3C)c3ccc(C=C(c4ccc(C)cc4)c4ccc(C)cc4)c4ccccc34)cc2)c2ccc(C)cc2)cc1. The largest absolute Gasteiger partial charge is 0.310 e. The number of benzene rings is 8. The topological polar surface area (TPSA) is 3.24 Å². The molecule has 8 aromatic rings. The van der Waals surface area contributed by atoms with E-state index in [-0.39, 0.29) is 0 Å². The Hall–Kier alpha value is -6.70. The highest BCUT2D eigenvalue weighted by Crippen LogP contribution is 2.42. The van der Waals surface area contributed by atoms with Crippen LogP contribution in [0.1, 0.15) is 66.8 Å². The first kappa shape index (κ1) is 37.2. The van der Waals surface area contributed by atoms with Crippen molar-refractivity contribution in [1.29, 1.82) is 0 Å². The van der Waals surface area contributed by atoms with Crippen molar-refractivity contribution in [2.24, 2.45) is 0 Å². The number of anilines is 3. The van der Waals surface area contributed by atoms with Crippen LogP contribution in [0.5, 0.6) is 0 Å². The molecular weight excluding hydrogens is 687 g/mol. The summed E-state index contributed by atoms with van der Waals surface area (Å²) in [5.74, 6) is 0. The summed E-state index contributed by atoms with van der Waals surface area (Å²) >= 11 is 0. The third-order valence-corrected chi connectivity index (χ3v) is 11.0. The van der Waals surface area contributed by atoms with Gasteiger partial charge in [0, 0.05) is 16.8 Å². The molecule has 0 heterocycles. The van der Waals surface area contributed by atoms with Crippen LogP contribution in [0.3, 0.4) is 0 Å². The Morgan fingerprint density at radius 3 is 1.26 bits per heavy atom. The number of rotatable bonds is 9. The van der Waals surface area contributed by atoms with Crippen molar-refractivity contribution in [2.75, 3.05) is 4.90 Å². The molecule has 0 aromatic heterocycles. The first-order valence-electron chi connectivity index (χ1n) is 19.9. The van der Waals surface area contributed by atoms with Crippen LogP contribution in [0.25, 0.3) is 34.1 Å². The van der Waals surface area contributed by atoms with E-state index in [1.54, 1.807) is 0 Å². The fraction of sp³-hybridized carbons (Fsp3) is 0.107. The summed E-state index contributed by atoms with van der Waals surface area (Å²) in [4.78, 5) is 2.43. The minimum Gasteiger partial charge on any atom is -0.310 e. The Bertz CT molecular complexity index is 2630. The third-order valence-electron chi connectivity index (χ3n) is 11.0. The second kappa shape index (κ2) is 16.2. The number of fused-ring (bicyclic) bond motifs is 1. The Labute approximate surface area is 338 Å². The van der Waals surface area contributed by atoms with Crippen LogP contribution >= 0.6 is 0 Å². The molecule has 0 amide bonds. The Kier molecular flexibility index (Phi) is 10.6. The van der Waals surface area contributed by atoms with Gasteiger partial charge in [0.25, 0.3) is 0 Å². The molecule has 0 aliphatic rings. The molecule has 0 atom stereocenters. The average molecular weight is 736 g/mol. The average Bonchev–Trinajstić information content (AvgIpc) is 3.22. The summed E-state index contributed by atoms with van der Waals surface area (Å²) in [5, 5.41) is 2.41. The van der Waals surface area contributed by atoms with E-state index >= 15 is 0 Å². The van der Waals surface area contributed by atoms with Gasteiger partial charge in [0.1, 0.15) is 0 Å². The fourth-order valence-electron chi connectivity index (χ4n) is 7.73. The van der Waals surface area contributed by atoms with E-state index in [2.05, 4.69) is 235 Å². The van der Waals surface area contributed by atoms with E-state index < -0.39 is 0 Å². The molecule has 0 saturated heterocycles. The summed E-state index contributed by atoms with van der Waals surface area (Å²) in [6.45, 7) is 13.0. The molecule has 1 nitrogen and oxygen atoms in total. The van der Waals surface area contributed by atoms with E-state index in [9.17, 15) is 0 Å². The Morgan fingerprint density at radius 1 is 0.368 bits per heavy atom. The minimum absolute atomic E-state index is 1.11. The molecule has 278 valence electrons. The molecular formula is C56H49N. The third kappa shape index (κ3) is 8.15. The van der Waals surface area contributed by atoms with Gasteiger partial charge < -0.3 is 4.90 Å². The van der Waals surface area contributed by atoms with E-state index in [1.165, 1.54) is 83.1 Å². The molecule has 0 unspecified atom stereocenters. The van der Waals surface area contributed by atoms with Crippen LogP contribution in [0.15, 0.2) is 176 Å². The molecule has 0 aliphatic carbocycles. The van der Waals surface area contributed by atoms with Gasteiger partial charge in [0.05, 0.1) is 5.69 Å². The van der Waals surface area contributed by atoms with E-state index in [0.29, 0.717) is 0 Å². The molecule has 57 heavy (non-hydrogen) atoms. The van der Waals surface area contributed by atoms with Gasteiger partial charge in [-0.05, 0) is 133 Å². The smallest absolute Gasteiger partial charge is 0.0540 e. The maximum Gasteiger partial charge on any atom is 0.0540 e. The number of hydrogen-bond donors (Lipinski definition) is 0. The van der Waals surface area contributed by atoms with Gasteiger partial charge in [-0.3, -0.25) is 0 Å². The molecule has 8 rings (SSSR count). The van der Waals surface area contributed by atoms with Crippen molar-refractivity contribution >= 4 is 51.1 Å². The Balaban J connectivity index is 1.26. The molecule has 0 spiro atoms. The maximum atomic E-state index is 2.43. The predicted octanol–water partition coefficient (Wildman–Crippen LogP) is 15.3. The van der Waals surface area contributed by atoms with Gasteiger partial charge >= 0.3 is 0 Å². The summed E-state index contributed by atoms with van der Waals surface area (Å²) in [6.07, 6.45) is 4.68. The van der Waals surface area contributed by atoms with Crippen molar-refractivity contribution in [3.05, 3.63) is 243 Å². The maximum absolute atomic E-state index is 2.43. The van der Waals surface area contributed by atoms with Gasteiger partial charge in [0.2, 0.25) is 0 Å². The summed E-state index contributed by atoms with van der Waals surface area (Å²) in [7, 11) is 0. The summed E-state index contributed by atoms with van der Waals surface area (Å²) < 4.78 is 0. The summed E-state index contributed by atoms with van der Waals surface area (Å²) in [5.41, 5.74) is 20.5. The quantitative estimate of drug-likeness (QED) is 0.133. The zero-order chi connectivity index (χ0) is 39.5. The summed E-state index contributed by atoms with van der Waals surface area (Å²) in [6, 6.07) is 64.7. The van der Waals surface area contributed by atoms with Crippen LogP contribution in [-0.2, 0) is 0 Å². The molecule has 1 heteroatoms. The number of aryl methyl sites for hydroxylation is 6. The van der Waals surface area contributed by atoms with Gasteiger partial charge in [-0.2, -0.15) is 0 Å². The predicted molar refractivity (Wildman–Crippen MR) is 247 cm³/mol. The molecule has 0 N–H and O–H groups in total. The van der Waals surface area contributed by atoms with E-state index in [0.717, 1.165) is 22.6 Å². The van der Waals surface area contributed by atoms with E-state index in [1.807, 2.05) is 0 Å². The highest BCUT2D eigenvalue weighted by molar-refractivity contribution is 6.06. The van der Waals surface area contributed by atoms with Crippen LogP contribution in [0.4, 0.5) is 17.1 Å². The van der Waals surface area contributed by atoms with Gasteiger partial charge in [-0.15, -0.1) is 0 Å². The van der Waals surface area contributed by atoms with Crippen LogP contribution in [-0.4, -0.2) is 0 Å². The highest BCUT2D eigenvalue weighted by Gasteiger charge is 2.19. The lowest BCUT2D eigenvalue weighted by molar-refractivity contribution is 1.25. The van der Waals surface area contributed by atoms with Crippen molar-refractivity contribution in [3.8, 4) is 0 Å². The zero-order valence-corrected chi connectivity index (χ0v) is 33.8. The minimum atomic E-state index is 1.11. The second-order valence-corrected chi connectivity index (χ2v) is 15.5. The monoisotopic (exact) mass is 735 g/mol.